The van der Waals surface area contributed by atoms with Gasteiger partial charge in [-0.2, -0.15) is 0 Å². The molecule has 2 rings (SSSR count). The summed E-state index contributed by atoms with van der Waals surface area (Å²) < 4.78 is 5.63. The lowest BCUT2D eigenvalue weighted by molar-refractivity contribution is -0.0547. The molecule has 0 radical (unpaired) electrons. The molecule has 0 aliphatic carbocycles. The minimum atomic E-state index is -0.0154. The van der Waals surface area contributed by atoms with E-state index in [4.69, 9.17) is 4.74 Å². The zero-order valence-corrected chi connectivity index (χ0v) is 11.8. The summed E-state index contributed by atoms with van der Waals surface area (Å²) in [5, 5.41) is 3.04. The van der Waals surface area contributed by atoms with E-state index in [9.17, 15) is 4.79 Å². The predicted octanol–water partition coefficient (Wildman–Crippen LogP) is 2.57. The molecule has 4 heteroatoms. The molecular weight excluding hydrogens is 240 g/mol. The molecule has 0 bridgehead atoms. The van der Waals surface area contributed by atoms with Crippen molar-refractivity contribution in [3.05, 3.63) is 35.9 Å². The third-order valence-electron chi connectivity index (χ3n) is 3.35. The molecule has 1 aliphatic rings. The molecule has 1 N–H and O–H groups in total. The Labute approximate surface area is 114 Å². The Bertz CT molecular complexity index is 411. The Balaban J connectivity index is 1.93. The van der Waals surface area contributed by atoms with Crippen molar-refractivity contribution in [1.82, 2.24) is 10.2 Å². The van der Waals surface area contributed by atoms with Crippen molar-refractivity contribution in [2.45, 2.75) is 39.0 Å². The third kappa shape index (κ3) is 3.70. The van der Waals surface area contributed by atoms with E-state index in [0.717, 1.165) is 5.56 Å². The van der Waals surface area contributed by atoms with Crippen LogP contribution >= 0.6 is 0 Å². The maximum atomic E-state index is 12.2. The zero-order chi connectivity index (χ0) is 13.8. The number of amides is 2. The second-order valence-corrected chi connectivity index (χ2v) is 5.24. The van der Waals surface area contributed by atoms with E-state index in [-0.39, 0.29) is 24.3 Å². The Morgan fingerprint density at radius 2 is 1.84 bits per heavy atom. The van der Waals surface area contributed by atoms with E-state index in [0.29, 0.717) is 13.1 Å². The molecule has 104 valence electrons. The first-order valence-electron chi connectivity index (χ1n) is 6.82. The van der Waals surface area contributed by atoms with E-state index in [1.165, 1.54) is 0 Å². The van der Waals surface area contributed by atoms with Crippen LogP contribution in [0.4, 0.5) is 4.79 Å². The first kappa shape index (κ1) is 13.9. The van der Waals surface area contributed by atoms with Gasteiger partial charge in [0.2, 0.25) is 0 Å². The largest absolute Gasteiger partial charge is 0.372 e. The lowest BCUT2D eigenvalue weighted by Crippen LogP contribution is -2.52. The normalized spacial score (nSPS) is 24.9. The highest BCUT2D eigenvalue weighted by Crippen LogP contribution is 2.14. The Hall–Kier alpha value is -1.55. The monoisotopic (exact) mass is 262 g/mol. The van der Waals surface area contributed by atoms with Crippen LogP contribution in [0.25, 0.3) is 0 Å². The average Bonchev–Trinajstić information content (AvgIpc) is 2.38. The summed E-state index contributed by atoms with van der Waals surface area (Å²) in [5.74, 6) is 0. The molecule has 1 aliphatic heterocycles. The maximum Gasteiger partial charge on any atom is 0.318 e. The van der Waals surface area contributed by atoms with Crippen molar-refractivity contribution in [1.29, 1.82) is 0 Å². The number of nitrogens with zero attached hydrogens (tertiary/aromatic N) is 1. The summed E-state index contributed by atoms with van der Waals surface area (Å²) in [4.78, 5) is 14.1. The van der Waals surface area contributed by atoms with Gasteiger partial charge in [-0.1, -0.05) is 30.3 Å². The van der Waals surface area contributed by atoms with Crippen LogP contribution in [0.3, 0.4) is 0 Å². The Morgan fingerprint density at radius 1 is 1.26 bits per heavy atom. The molecule has 3 unspecified atom stereocenters. The lowest BCUT2D eigenvalue weighted by atomic mass is 10.1. The van der Waals surface area contributed by atoms with Gasteiger partial charge >= 0.3 is 6.03 Å². The van der Waals surface area contributed by atoms with Gasteiger partial charge in [0.25, 0.3) is 0 Å². The van der Waals surface area contributed by atoms with Gasteiger partial charge in [-0.3, -0.25) is 0 Å². The highest BCUT2D eigenvalue weighted by Gasteiger charge is 2.26. The van der Waals surface area contributed by atoms with Crippen molar-refractivity contribution in [2.24, 2.45) is 0 Å². The van der Waals surface area contributed by atoms with E-state index in [1.807, 2.05) is 56.0 Å². The number of hydrogen-bond donors (Lipinski definition) is 1. The van der Waals surface area contributed by atoms with Crippen molar-refractivity contribution in [3.8, 4) is 0 Å². The van der Waals surface area contributed by atoms with Gasteiger partial charge in [-0.05, 0) is 26.3 Å². The predicted molar refractivity (Wildman–Crippen MR) is 75.0 cm³/mol. The minimum Gasteiger partial charge on any atom is -0.372 e. The van der Waals surface area contributed by atoms with Crippen LogP contribution in [-0.2, 0) is 4.74 Å². The number of hydrogen-bond acceptors (Lipinski definition) is 2. The number of urea groups is 1. The van der Waals surface area contributed by atoms with Gasteiger partial charge in [-0.15, -0.1) is 0 Å². The quantitative estimate of drug-likeness (QED) is 0.890. The number of rotatable bonds is 2. The van der Waals surface area contributed by atoms with Crippen LogP contribution < -0.4 is 5.32 Å². The Kier molecular flexibility index (Phi) is 4.43. The van der Waals surface area contributed by atoms with Crippen molar-refractivity contribution < 1.29 is 9.53 Å². The van der Waals surface area contributed by atoms with Gasteiger partial charge in [0.15, 0.2) is 0 Å². The molecule has 0 aromatic heterocycles. The van der Waals surface area contributed by atoms with Crippen LogP contribution in [0.15, 0.2) is 30.3 Å². The van der Waals surface area contributed by atoms with Crippen molar-refractivity contribution >= 4 is 6.03 Å². The van der Waals surface area contributed by atoms with Crippen LogP contribution in [0.5, 0.6) is 0 Å². The molecule has 1 fully saturated rings. The van der Waals surface area contributed by atoms with Crippen molar-refractivity contribution in [3.63, 3.8) is 0 Å². The number of nitrogens with one attached hydrogen (secondary N) is 1. The van der Waals surface area contributed by atoms with Crippen LogP contribution in [0.2, 0.25) is 0 Å². The summed E-state index contributed by atoms with van der Waals surface area (Å²) in [5.41, 5.74) is 1.12. The fourth-order valence-corrected chi connectivity index (χ4v) is 2.45. The summed E-state index contributed by atoms with van der Waals surface area (Å²) in [7, 11) is 0. The lowest BCUT2D eigenvalue weighted by Gasteiger charge is -2.35. The number of benzene rings is 1. The molecule has 3 atom stereocenters. The average molecular weight is 262 g/mol. The topological polar surface area (TPSA) is 41.6 Å². The first-order valence-corrected chi connectivity index (χ1v) is 6.82. The molecule has 19 heavy (non-hydrogen) atoms. The molecule has 2 amide bonds. The van der Waals surface area contributed by atoms with Gasteiger partial charge in [0, 0.05) is 13.1 Å². The second-order valence-electron chi connectivity index (χ2n) is 5.24. The first-order chi connectivity index (χ1) is 9.06. The Morgan fingerprint density at radius 3 is 2.42 bits per heavy atom. The maximum absolute atomic E-state index is 12.2. The van der Waals surface area contributed by atoms with Gasteiger partial charge < -0.3 is 15.0 Å². The molecule has 0 spiro atoms. The molecule has 1 aromatic carbocycles. The highest BCUT2D eigenvalue weighted by atomic mass is 16.5. The minimum absolute atomic E-state index is 0.0154. The number of ether oxygens (including phenoxy) is 1. The second kappa shape index (κ2) is 6.06. The number of carbonyl (C=O) groups excluding carboxylic acids is 1. The van der Waals surface area contributed by atoms with E-state index < -0.39 is 0 Å². The molecule has 0 saturated carbocycles. The van der Waals surface area contributed by atoms with Crippen molar-refractivity contribution in [2.75, 3.05) is 13.1 Å². The molecule has 1 aromatic rings. The fourth-order valence-electron chi connectivity index (χ4n) is 2.45. The molecular formula is C15H22N2O2. The van der Waals surface area contributed by atoms with Gasteiger partial charge in [0.1, 0.15) is 0 Å². The SMILES string of the molecule is CC1CN(C(=O)NC(C)c2ccccc2)CC(C)O1. The summed E-state index contributed by atoms with van der Waals surface area (Å²) in [6, 6.07) is 9.99. The van der Waals surface area contributed by atoms with Crippen LogP contribution in [0, 0.1) is 0 Å². The van der Waals surface area contributed by atoms with E-state index in [1.54, 1.807) is 0 Å². The van der Waals surface area contributed by atoms with Crippen LogP contribution in [-0.4, -0.2) is 36.2 Å². The summed E-state index contributed by atoms with van der Waals surface area (Å²) in [6.07, 6.45) is 0.197. The van der Waals surface area contributed by atoms with E-state index >= 15 is 0 Å². The summed E-state index contributed by atoms with van der Waals surface area (Å²) in [6.45, 7) is 7.29. The smallest absolute Gasteiger partial charge is 0.318 e. The fraction of sp³-hybridized carbons (Fsp3) is 0.533. The highest BCUT2D eigenvalue weighted by molar-refractivity contribution is 5.74. The zero-order valence-electron chi connectivity index (χ0n) is 11.8. The number of carbonyl (C=O) groups is 1. The third-order valence-corrected chi connectivity index (χ3v) is 3.35. The summed E-state index contributed by atoms with van der Waals surface area (Å²) >= 11 is 0. The molecule has 4 nitrogen and oxygen atoms in total. The van der Waals surface area contributed by atoms with Gasteiger partial charge in [-0.25, -0.2) is 4.79 Å². The molecule has 1 heterocycles. The number of morpholine rings is 1. The van der Waals surface area contributed by atoms with Gasteiger partial charge in [0.05, 0.1) is 18.2 Å². The van der Waals surface area contributed by atoms with E-state index in [2.05, 4.69) is 5.32 Å². The standard InChI is InChI=1S/C15H22N2O2/c1-11-9-17(10-12(2)19-11)15(18)16-13(3)14-7-5-4-6-8-14/h4-8,11-13H,9-10H2,1-3H3,(H,16,18). The molecule has 1 saturated heterocycles. The van der Waals surface area contributed by atoms with Crippen LogP contribution in [0.1, 0.15) is 32.4 Å².